The molecule has 18 heavy (non-hydrogen) atoms. The highest BCUT2D eigenvalue weighted by molar-refractivity contribution is 5.05. The van der Waals surface area contributed by atoms with Gasteiger partial charge >= 0.3 is 0 Å². The molecule has 0 aliphatic heterocycles. The van der Waals surface area contributed by atoms with E-state index in [1.54, 1.807) is 0 Å². The van der Waals surface area contributed by atoms with Crippen molar-refractivity contribution < 1.29 is 35.7 Å². The van der Waals surface area contributed by atoms with Crippen molar-refractivity contribution in [2.45, 2.75) is 42.4 Å². The van der Waals surface area contributed by atoms with E-state index in [4.69, 9.17) is 15.3 Å². The minimum absolute atomic E-state index is 0.223. The van der Waals surface area contributed by atoms with Crippen molar-refractivity contribution in [3.63, 3.8) is 0 Å². The Balaban J connectivity index is 2.79. The van der Waals surface area contributed by atoms with Crippen LogP contribution in [0.3, 0.4) is 0 Å². The van der Waals surface area contributed by atoms with Gasteiger partial charge in [-0.15, -0.1) is 0 Å². The molecule has 108 valence electrons. The maximum Gasteiger partial charge on any atom is 0.118 e. The van der Waals surface area contributed by atoms with Crippen LogP contribution in [0.1, 0.15) is 6.42 Å². The van der Waals surface area contributed by atoms with Crippen molar-refractivity contribution in [2.75, 3.05) is 19.8 Å². The van der Waals surface area contributed by atoms with Crippen LogP contribution >= 0.6 is 0 Å². The Morgan fingerprint density at radius 3 is 2.06 bits per heavy atom. The van der Waals surface area contributed by atoms with Crippen molar-refractivity contribution in [1.29, 1.82) is 0 Å². The lowest BCUT2D eigenvalue weighted by atomic mass is 9.76. The lowest BCUT2D eigenvalue weighted by Crippen LogP contribution is -2.68. The van der Waals surface area contributed by atoms with Crippen LogP contribution < -0.4 is 5.32 Å². The van der Waals surface area contributed by atoms with Crippen LogP contribution in [-0.2, 0) is 0 Å². The number of hydrogen-bond donors (Lipinski definition) is 8. The van der Waals surface area contributed by atoms with Crippen LogP contribution in [0.5, 0.6) is 0 Å². The molecule has 0 amide bonds. The molecule has 1 fully saturated rings. The van der Waals surface area contributed by atoms with Gasteiger partial charge in [0.15, 0.2) is 0 Å². The fourth-order valence-electron chi connectivity index (χ4n) is 2.15. The summed E-state index contributed by atoms with van der Waals surface area (Å²) in [5.41, 5.74) is -1.94. The molecule has 0 unspecified atom stereocenters. The third-order valence-corrected chi connectivity index (χ3v) is 3.37. The van der Waals surface area contributed by atoms with Crippen LogP contribution in [-0.4, -0.2) is 91.6 Å². The third-order valence-electron chi connectivity index (χ3n) is 3.37. The molecule has 0 spiro atoms. The molecular formula is C10H21NO7. The zero-order valence-electron chi connectivity index (χ0n) is 9.85. The molecule has 8 heteroatoms. The first-order valence-corrected chi connectivity index (χ1v) is 5.74. The summed E-state index contributed by atoms with van der Waals surface area (Å²) in [6, 6.07) is -1.60. The van der Waals surface area contributed by atoms with Gasteiger partial charge in [0.2, 0.25) is 0 Å². The van der Waals surface area contributed by atoms with E-state index in [0.717, 1.165) is 0 Å². The molecule has 0 saturated heterocycles. The molecule has 0 heterocycles. The Morgan fingerprint density at radius 1 is 1.06 bits per heavy atom. The van der Waals surface area contributed by atoms with Gasteiger partial charge in [0.25, 0.3) is 0 Å². The highest BCUT2D eigenvalue weighted by Gasteiger charge is 2.51. The van der Waals surface area contributed by atoms with Crippen molar-refractivity contribution in [2.24, 2.45) is 0 Å². The predicted octanol–water partition coefficient (Wildman–Crippen LogP) is -4.49. The molecule has 1 rings (SSSR count). The topological polar surface area (TPSA) is 154 Å². The van der Waals surface area contributed by atoms with Gasteiger partial charge in [-0.1, -0.05) is 0 Å². The van der Waals surface area contributed by atoms with Crippen LogP contribution in [0.2, 0.25) is 0 Å². The smallest absolute Gasteiger partial charge is 0.118 e. The molecule has 0 bridgehead atoms. The second kappa shape index (κ2) is 6.22. The summed E-state index contributed by atoms with van der Waals surface area (Å²) in [6.45, 7) is -1.56. The lowest BCUT2D eigenvalue weighted by Gasteiger charge is -2.46. The fourth-order valence-corrected chi connectivity index (χ4v) is 2.15. The van der Waals surface area contributed by atoms with Gasteiger partial charge in [-0.3, -0.25) is 0 Å². The minimum atomic E-state index is -1.94. The Kier molecular flexibility index (Phi) is 5.44. The van der Waals surface area contributed by atoms with Gasteiger partial charge in [-0.05, 0) is 6.42 Å². The SMILES string of the molecule is OCC(CO)N[C@H]1C[C@@](O)(CO)[C@H](O)[C@@H](O)[C@@H]1O. The van der Waals surface area contributed by atoms with Crippen molar-refractivity contribution in [1.82, 2.24) is 5.32 Å². The number of rotatable bonds is 5. The molecule has 0 aromatic carbocycles. The van der Waals surface area contributed by atoms with E-state index < -0.39 is 55.8 Å². The zero-order chi connectivity index (χ0) is 13.9. The Labute approximate surface area is 104 Å². The number of hydrogen-bond acceptors (Lipinski definition) is 8. The fraction of sp³-hybridized carbons (Fsp3) is 1.00. The molecule has 8 N–H and O–H groups in total. The van der Waals surface area contributed by atoms with Crippen molar-refractivity contribution >= 4 is 0 Å². The Hall–Kier alpha value is -0.320. The summed E-state index contributed by atoms with van der Waals surface area (Å²) in [7, 11) is 0. The standard InChI is InChI=1S/C10H21NO7/c12-2-5(3-13)11-6-1-10(18,4-14)9(17)8(16)7(6)15/h5-9,11-18H,1-4H2/t6-,7+,8-,9+,10+/m0/s1. The van der Waals surface area contributed by atoms with Crippen LogP contribution in [0.15, 0.2) is 0 Å². The first-order valence-electron chi connectivity index (χ1n) is 5.74. The summed E-state index contributed by atoms with van der Waals surface area (Å²) < 4.78 is 0. The largest absolute Gasteiger partial charge is 0.395 e. The van der Waals surface area contributed by atoms with E-state index in [0.29, 0.717) is 0 Å². The maximum absolute atomic E-state index is 9.93. The number of aliphatic hydroxyl groups is 7. The zero-order valence-corrected chi connectivity index (χ0v) is 9.85. The molecular weight excluding hydrogens is 246 g/mol. The quantitative estimate of drug-likeness (QED) is 0.248. The van der Waals surface area contributed by atoms with E-state index in [-0.39, 0.29) is 6.42 Å². The van der Waals surface area contributed by atoms with E-state index in [1.165, 1.54) is 0 Å². The predicted molar refractivity (Wildman–Crippen MR) is 59.6 cm³/mol. The van der Waals surface area contributed by atoms with Gasteiger partial charge in [0.05, 0.1) is 32.0 Å². The van der Waals surface area contributed by atoms with Crippen LogP contribution in [0, 0.1) is 0 Å². The maximum atomic E-state index is 9.93. The van der Waals surface area contributed by atoms with Crippen molar-refractivity contribution in [3.8, 4) is 0 Å². The lowest BCUT2D eigenvalue weighted by molar-refractivity contribution is -0.207. The molecule has 1 saturated carbocycles. The molecule has 0 radical (unpaired) electrons. The summed E-state index contributed by atoms with van der Waals surface area (Å²) in [6.07, 6.45) is -4.91. The minimum Gasteiger partial charge on any atom is -0.395 e. The molecule has 8 nitrogen and oxygen atoms in total. The molecule has 0 aromatic heterocycles. The molecule has 1 aliphatic carbocycles. The van der Waals surface area contributed by atoms with E-state index >= 15 is 0 Å². The van der Waals surface area contributed by atoms with E-state index in [2.05, 4.69) is 5.32 Å². The first-order chi connectivity index (χ1) is 8.39. The number of aliphatic hydroxyl groups excluding tert-OH is 6. The van der Waals surface area contributed by atoms with Gasteiger partial charge in [-0.2, -0.15) is 0 Å². The molecule has 1 aliphatic rings. The van der Waals surface area contributed by atoms with Crippen molar-refractivity contribution in [3.05, 3.63) is 0 Å². The summed E-state index contributed by atoms with van der Waals surface area (Å²) in [4.78, 5) is 0. The summed E-state index contributed by atoms with van der Waals surface area (Å²) in [5, 5.41) is 68.4. The molecule has 0 aromatic rings. The third kappa shape index (κ3) is 2.98. The number of nitrogens with one attached hydrogen (secondary N) is 1. The van der Waals surface area contributed by atoms with E-state index in [9.17, 15) is 20.4 Å². The average molecular weight is 267 g/mol. The van der Waals surface area contributed by atoms with Crippen LogP contribution in [0.25, 0.3) is 0 Å². The second-order valence-electron chi connectivity index (χ2n) is 4.73. The summed E-state index contributed by atoms with van der Waals surface area (Å²) in [5.74, 6) is 0. The van der Waals surface area contributed by atoms with Gasteiger partial charge in [0.1, 0.15) is 17.8 Å². The highest BCUT2D eigenvalue weighted by Crippen LogP contribution is 2.29. The highest BCUT2D eigenvalue weighted by atomic mass is 16.4. The summed E-state index contributed by atoms with van der Waals surface area (Å²) >= 11 is 0. The monoisotopic (exact) mass is 267 g/mol. The van der Waals surface area contributed by atoms with Gasteiger partial charge < -0.3 is 41.1 Å². The normalized spacial score (nSPS) is 41.3. The van der Waals surface area contributed by atoms with Gasteiger partial charge in [0, 0.05) is 6.04 Å². The van der Waals surface area contributed by atoms with E-state index in [1.807, 2.05) is 0 Å². The Bertz CT molecular complexity index is 263. The Morgan fingerprint density at radius 2 is 1.61 bits per heavy atom. The molecule has 5 atom stereocenters. The van der Waals surface area contributed by atoms with Crippen LogP contribution in [0.4, 0.5) is 0 Å². The first kappa shape index (κ1) is 15.7. The average Bonchev–Trinajstić information content (AvgIpc) is 2.39. The van der Waals surface area contributed by atoms with Gasteiger partial charge in [-0.25, -0.2) is 0 Å². The second-order valence-corrected chi connectivity index (χ2v) is 4.73.